The Labute approximate surface area is 414 Å². The summed E-state index contributed by atoms with van der Waals surface area (Å²) < 4.78 is 42.2. The number of benzene rings is 8. The largest absolute Gasteiger partial charge is 0.504 e. The molecule has 24 heteroatoms. The van der Waals surface area contributed by atoms with E-state index in [-0.39, 0.29) is 46.0 Å². The van der Waals surface area contributed by atoms with Gasteiger partial charge in [-0.25, -0.2) is 0 Å². The van der Waals surface area contributed by atoms with Crippen molar-refractivity contribution >= 4 is 33.0 Å². The third-order valence-corrected chi connectivity index (χ3v) is 18.4. The minimum absolute atomic E-state index is 0.221. The van der Waals surface area contributed by atoms with Crippen molar-refractivity contribution in [1.82, 2.24) is 13.8 Å². The number of phenolic OH excluding ortho intramolecular Hbond substituents is 8. The Morgan fingerprint density at radius 1 is 0.306 bits per heavy atom. The summed E-state index contributed by atoms with van der Waals surface area (Å²) in [5.41, 5.74) is 0. The third-order valence-electron chi connectivity index (χ3n) is 9.57. The molecule has 20 nitrogen and oxygen atoms in total. The lowest BCUT2D eigenvalue weighted by atomic mass is 10.3. The Morgan fingerprint density at radius 2 is 0.583 bits per heavy atom. The molecule has 1 aliphatic heterocycles. The van der Waals surface area contributed by atoms with Gasteiger partial charge in [-0.3, -0.25) is 0 Å². The van der Waals surface area contributed by atoms with Gasteiger partial charge in [-0.2, -0.15) is 0 Å². The number of hydrogen-bond acceptors (Lipinski definition) is 20. The van der Waals surface area contributed by atoms with Crippen molar-refractivity contribution in [2.45, 2.75) is 0 Å². The lowest BCUT2D eigenvalue weighted by molar-refractivity contribution is 0.0343. The van der Waals surface area contributed by atoms with Crippen molar-refractivity contribution in [3.05, 3.63) is 194 Å². The highest BCUT2D eigenvalue weighted by molar-refractivity contribution is 7.78. The summed E-state index contributed by atoms with van der Waals surface area (Å²) in [5.74, 6) is -5.70. The fourth-order valence-corrected chi connectivity index (χ4v) is 15.9. The van der Waals surface area contributed by atoms with Gasteiger partial charge in [0.1, 0.15) is 0 Å². The van der Waals surface area contributed by atoms with E-state index in [0.29, 0.717) is 0 Å². The van der Waals surface area contributed by atoms with Gasteiger partial charge >= 0.3 is 33.0 Å². The van der Waals surface area contributed by atoms with E-state index in [1.165, 1.54) is 176 Å². The molecule has 3 atom stereocenters. The summed E-state index contributed by atoms with van der Waals surface area (Å²) in [7, 11) is -14.8. The summed E-state index contributed by atoms with van der Waals surface area (Å²) in [6.07, 6.45) is 0. The van der Waals surface area contributed by atoms with Crippen molar-refractivity contribution in [2.24, 2.45) is 4.52 Å². The van der Waals surface area contributed by atoms with E-state index in [1.807, 2.05) is 0 Å². The zero-order valence-electron chi connectivity index (χ0n) is 36.9. The molecule has 72 heavy (non-hydrogen) atoms. The number of nitrogens with zero attached hydrogens (tertiary/aromatic N) is 4. The Hall–Kier alpha value is -8.04. The average molecular weight is 1050 g/mol. The molecule has 0 spiro atoms. The van der Waals surface area contributed by atoms with E-state index in [9.17, 15) is 40.9 Å². The van der Waals surface area contributed by atoms with Crippen LogP contribution in [-0.2, 0) is 0 Å². The van der Waals surface area contributed by atoms with Crippen molar-refractivity contribution < 1.29 is 78.0 Å². The van der Waals surface area contributed by atoms with Crippen molar-refractivity contribution in [1.29, 1.82) is 0 Å². The molecule has 0 saturated carbocycles. The quantitative estimate of drug-likeness (QED) is 0.0418. The summed E-state index contributed by atoms with van der Waals surface area (Å²) >= 11 is 0. The molecule has 0 aromatic heterocycles. The maximum Gasteiger partial charge on any atom is 0.447 e. The molecule has 0 aliphatic carbocycles. The lowest BCUT2D eigenvalue weighted by Crippen LogP contribution is -2.39. The molecule has 9 rings (SSSR count). The Bertz CT molecular complexity index is 3180. The predicted molar refractivity (Wildman–Crippen MR) is 266 cm³/mol. The second kappa shape index (κ2) is 21.9. The van der Waals surface area contributed by atoms with Gasteiger partial charge < -0.3 is 78.0 Å². The van der Waals surface area contributed by atoms with E-state index in [1.54, 1.807) is 18.2 Å². The van der Waals surface area contributed by atoms with Crippen LogP contribution in [0.1, 0.15) is 0 Å². The highest BCUT2D eigenvalue weighted by Crippen LogP contribution is 2.79. The van der Waals surface area contributed by atoms with Crippen LogP contribution in [0.3, 0.4) is 0 Å². The van der Waals surface area contributed by atoms with Crippen LogP contribution in [0, 0.1) is 0 Å². The minimum atomic E-state index is -5.11. The normalized spacial score (nSPS) is 17.0. The molecule has 0 bridgehead atoms. The van der Waals surface area contributed by atoms with Gasteiger partial charge in [0.2, 0.25) is 0 Å². The molecule has 1 heterocycles. The second-order valence-electron chi connectivity index (χ2n) is 14.6. The standard InChI is InChI=1S/C48H40N4O16P4/c53-33-17-1-9-25-41(33)61-50-69(64-44-28-12-4-20-36(44)56)49-72(67-47-31-15-7-23-39(47)59,68-48-32-16-8-24-40(48)60)52(63-43-27-11-3-19-35(43)55)71(66-46-30-14-6-22-38(46)58)51(62-42-26-10-2-18-34(42)54)70(50)65-45-29-13-5-21-37(45)57/h1-32,53-60H. The SMILES string of the molecule is Oc1ccccc1ON1P(Oc2ccccc2O)N=P(Oc2ccccc2O)(Oc2ccccc2O)N(Oc2ccccc2O)P(Oc2ccccc2O)N(Oc2ccccc2O)P1Oc1ccccc1O. The van der Waals surface area contributed by atoms with Gasteiger partial charge in [-0.05, 0) is 97.1 Å². The van der Waals surface area contributed by atoms with Gasteiger partial charge in [0, 0.05) is 13.8 Å². The topological polar surface area (TPSA) is 258 Å². The Kier molecular flexibility index (Phi) is 14.9. The molecular weight excluding hydrogens is 1010 g/mol. The first-order chi connectivity index (χ1) is 35.0. The fourth-order valence-electron chi connectivity index (χ4n) is 6.13. The number of phenols is 8. The van der Waals surface area contributed by atoms with Gasteiger partial charge in [0.15, 0.2) is 92.0 Å². The summed E-state index contributed by atoms with van der Waals surface area (Å²) in [5, 5.41) is 91.8. The van der Waals surface area contributed by atoms with Crippen LogP contribution in [-0.4, -0.2) is 54.7 Å². The summed E-state index contributed by atoms with van der Waals surface area (Å²) in [4.78, 5) is 20.2. The summed E-state index contributed by atoms with van der Waals surface area (Å²) in [6.45, 7) is 0. The lowest BCUT2D eigenvalue weighted by Gasteiger charge is -2.45. The minimum Gasteiger partial charge on any atom is -0.504 e. The molecule has 3 unspecified atom stereocenters. The van der Waals surface area contributed by atoms with Gasteiger partial charge in [0.05, 0.1) is 0 Å². The first-order valence-electron chi connectivity index (χ1n) is 21.1. The predicted octanol–water partition coefficient (Wildman–Crippen LogP) is 12.6. The molecule has 1 aliphatic rings. The van der Waals surface area contributed by atoms with E-state index in [2.05, 4.69) is 0 Å². The van der Waals surface area contributed by atoms with E-state index >= 15 is 0 Å². The number of para-hydroxylation sites is 16. The van der Waals surface area contributed by atoms with Crippen LogP contribution >= 0.6 is 33.0 Å². The van der Waals surface area contributed by atoms with Crippen LogP contribution in [0.2, 0.25) is 0 Å². The molecule has 8 N–H and O–H groups in total. The molecule has 0 saturated heterocycles. The van der Waals surface area contributed by atoms with Crippen molar-refractivity contribution in [3.8, 4) is 92.0 Å². The second-order valence-corrected chi connectivity index (χ2v) is 21.8. The first kappa shape index (κ1) is 49.0. The maximum atomic E-state index is 11.5. The molecular formula is C48H40N4O16P4. The zero-order valence-corrected chi connectivity index (χ0v) is 40.5. The molecule has 0 amide bonds. The molecule has 0 fully saturated rings. The molecule has 8 aromatic rings. The monoisotopic (exact) mass is 1050 g/mol. The summed E-state index contributed by atoms with van der Waals surface area (Å²) in [6, 6.07) is 46.0. The van der Waals surface area contributed by atoms with Gasteiger partial charge in [0.25, 0.3) is 0 Å². The van der Waals surface area contributed by atoms with Crippen LogP contribution < -0.4 is 37.1 Å². The zero-order chi connectivity index (χ0) is 50.2. The van der Waals surface area contributed by atoms with Crippen LogP contribution in [0.4, 0.5) is 0 Å². The third kappa shape index (κ3) is 11.0. The molecule has 0 radical (unpaired) electrons. The van der Waals surface area contributed by atoms with E-state index in [4.69, 9.17) is 41.6 Å². The van der Waals surface area contributed by atoms with Gasteiger partial charge in [-0.15, -0.1) is 4.52 Å². The first-order valence-corrected chi connectivity index (χ1v) is 26.1. The van der Waals surface area contributed by atoms with Gasteiger partial charge in [-0.1, -0.05) is 97.1 Å². The van der Waals surface area contributed by atoms with Crippen molar-refractivity contribution in [3.63, 3.8) is 0 Å². The van der Waals surface area contributed by atoms with Crippen molar-refractivity contribution in [2.75, 3.05) is 0 Å². The average Bonchev–Trinajstić information content (AvgIpc) is 3.37. The molecule has 8 aromatic carbocycles. The highest BCUT2D eigenvalue weighted by atomic mass is 31.3. The molecule has 368 valence electrons. The fraction of sp³-hybridized carbons (Fsp3) is 0. The van der Waals surface area contributed by atoms with E-state index in [0.717, 1.165) is 13.8 Å². The van der Waals surface area contributed by atoms with Crippen LogP contribution in [0.15, 0.2) is 199 Å². The Balaban J connectivity index is 1.47. The van der Waals surface area contributed by atoms with E-state index < -0.39 is 79.0 Å². The number of hydrogen-bond donors (Lipinski definition) is 8. The van der Waals surface area contributed by atoms with Crippen LogP contribution in [0.25, 0.3) is 0 Å². The maximum absolute atomic E-state index is 11.5. The highest BCUT2D eigenvalue weighted by Gasteiger charge is 2.60. The van der Waals surface area contributed by atoms with Crippen LogP contribution in [0.5, 0.6) is 92.0 Å². The smallest absolute Gasteiger partial charge is 0.447 e. The number of aromatic hydroxyl groups is 8. The Morgan fingerprint density at radius 3 is 0.944 bits per heavy atom. The number of rotatable bonds is 16.